The first kappa shape index (κ1) is 13.4. The molecule has 22 heavy (non-hydrogen) atoms. The largest absolute Gasteiger partial charge is 0.312 e. The zero-order valence-electron chi connectivity index (χ0n) is 11.1. The van der Waals surface area contributed by atoms with Crippen LogP contribution in [0.15, 0.2) is 29.3 Å². The number of aromatic nitrogens is 5. The van der Waals surface area contributed by atoms with Crippen LogP contribution in [0.5, 0.6) is 0 Å². The summed E-state index contributed by atoms with van der Waals surface area (Å²) in [6.45, 7) is 0. The van der Waals surface area contributed by atoms with Gasteiger partial charge in [-0.1, -0.05) is 6.07 Å². The molecule has 0 radical (unpaired) electrons. The number of fused-ring (bicyclic) bond motifs is 1. The van der Waals surface area contributed by atoms with E-state index in [1.54, 1.807) is 18.2 Å². The van der Waals surface area contributed by atoms with Crippen LogP contribution in [0, 0.1) is 11.3 Å². The molecule has 0 saturated carbocycles. The maximum Gasteiger partial charge on any atom is 0.275 e. The molecule has 0 unspecified atom stereocenters. The fourth-order valence-corrected chi connectivity index (χ4v) is 1.94. The molecule has 0 atom stereocenters. The molecule has 3 aromatic rings. The van der Waals surface area contributed by atoms with Crippen molar-refractivity contribution >= 4 is 22.8 Å². The maximum atomic E-state index is 12.2. The lowest BCUT2D eigenvalue weighted by Gasteiger charge is -2.04. The van der Waals surface area contributed by atoms with Crippen LogP contribution in [0.1, 0.15) is 16.2 Å². The minimum absolute atomic E-state index is 0.00293. The van der Waals surface area contributed by atoms with E-state index in [0.717, 1.165) is 0 Å². The predicted molar refractivity (Wildman–Crippen MR) is 76.0 cm³/mol. The van der Waals surface area contributed by atoms with Crippen molar-refractivity contribution in [3.63, 3.8) is 0 Å². The minimum atomic E-state index is -0.567. The van der Waals surface area contributed by atoms with Gasteiger partial charge >= 0.3 is 0 Å². The van der Waals surface area contributed by atoms with Gasteiger partial charge in [0.05, 0.1) is 24.5 Å². The Morgan fingerprint density at radius 3 is 3.09 bits per heavy atom. The number of hydrogen-bond acceptors (Lipinski definition) is 6. The summed E-state index contributed by atoms with van der Waals surface area (Å²) in [5, 5.41) is 17.6. The van der Waals surface area contributed by atoms with Crippen molar-refractivity contribution in [2.24, 2.45) is 0 Å². The highest BCUT2D eigenvalue weighted by Gasteiger charge is 2.17. The number of hydrogen-bond donors (Lipinski definition) is 3. The molecule has 0 bridgehead atoms. The van der Waals surface area contributed by atoms with Crippen LogP contribution in [0.2, 0.25) is 0 Å². The third-order valence-electron chi connectivity index (χ3n) is 2.89. The van der Waals surface area contributed by atoms with E-state index in [9.17, 15) is 9.59 Å². The highest BCUT2D eigenvalue weighted by atomic mass is 16.2. The van der Waals surface area contributed by atoms with Crippen LogP contribution in [0.3, 0.4) is 0 Å². The van der Waals surface area contributed by atoms with E-state index in [2.05, 4.69) is 30.5 Å². The van der Waals surface area contributed by atoms with Crippen molar-refractivity contribution in [3.8, 4) is 6.07 Å². The summed E-state index contributed by atoms with van der Waals surface area (Å²) in [6.07, 6.45) is 1.35. The van der Waals surface area contributed by atoms with Crippen LogP contribution >= 0.6 is 0 Å². The second kappa shape index (κ2) is 5.45. The smallest absolute Gasteiger partial charge is 0.275 e. The van der Waals surface area contributed by atoms with Crippen LogP contribution in [-0.2, 0) is 6.42 Å². The number of H-pyrrole nitrogens is 2. The minimum Gasteiger partial charge on any atom is -0.312 e. The van der Waals surface area contributed by atoms with Gasteiger partial charge in [0.2, 0.25) is 0 Å². The standard InChI is InChI=1S/C13H9N7O2/c14-5-4-7-2-1-3-8(17-7)18-13(22)10-9-11(20-19-10)15-6-16-12(9)21/h1-3,6H,4H2,(H,17,18,22)(H2,15,16,19,20,21). The van der Waals surface area contributed by atoms with E-state index in [0.29, 0.717) is 5.69 Å². The fourth-order valence-electron chi connectivity index (χ4n) is 1.94. The molecule has 0 aliphatic carbocycles. The fraction of sp³-hybridized carbons (Fsp3) is 0.0769. The lowest BCUT2D eigenvalue weighted by atomic mass is 10.2. The summed E-state index contributed by atoms with van der Waals surface area (Å²) in [6, 6.07) is 6.92. The van der Waals surface area contributed by atoms with Crippen molar-refractivity contribution in [1.82, 2.24) is 25.1 Å². The molecule has 9 nitrogen and oxygen atoms in total. The van der Waals surface area contributed by atoms with Gasteiger partial charge in [-0.2, -0.15) is 10.4 Å². The third kappa shape index (κ3) is 2.40. The molecule has 0 spiro atoms. The third-order valence-corrected chi connectivity index (χ3v) is 2.89. The van der Waals surface area contributed by atoms with Crippen LogP contribution in [0.25, 0.3) is 11.0 Å². The van der Waals surface area contributed by atoms with Crippen LogP contribution in [-0.4, -0.2) is 31.1 Å². The molecule has 0 fully saturated rings. The van der Waals surface area contributed by atoms with E-state index in [1.807, 2.05) is 6.07 Å². The van der Waals surface area contributed by atoms with Crippen molar-refractivity contribution < 1.29 is 4.79 Å². The van der Waals surface area contributed by atoms with Gasteiger partial charge in [0.15, 0.2) is 5.65 Å². The number of nitrogens with zero attached hydrogens (tertiary/aromatic N) is 4. The van der Waals surface area contributed by atoms with Gasteiger partial charge in [0, 0.05) is 0 Å². The molecule has 0 aliphatic rings. The number of nitrogens with one attached hydrogen (secondary N) is 3. The number of carbonyl (C=O) groups excluding carboxylic acids is 1. The Hall–Kier alpha value is -3.54. The average Bonchev–Trinajstić information content (AvgIpc) is 2.93. The molecular formula is C13H9N7O2. The second-order valence-corrected chi connectivity index (χ2v) is 4.33. The quantitative estimate of drug-likeness (QED) is 0.637. The number of nitriles is 1. The first-order valence-corrected chi connectivity index (χ1v) is 6.25. The Labute approximate surface area is 123 Å². The number of carbonyl (C=O) groups is 1. The number of pyridine rings is 1. The second-order valence-electron chi connectivity index (χ2n) is 4.33. The van der Waals surface area contributed by atoms with E-state index in [1.165, 1.54) is 6.33 Å². The predicted octanol–water partition coefficient (Wildman–Crippen LogP) is 0.360. The van der Waals surface area contributed by atoms with E-state index in [4.69, 9.17) is 5.26 Å². The summed E-state index contributed by atoms with van der Waals surface area (Å²) >= 11 is 0. The molecule has 1 amide bonds. The Morgan fingerprint density at radius 1 is 1.41 bits per heavy atom. The average molecular weight is 295 g/mol. The summed E-state index contributed by atoms with van der Waals surface area (Å²) in [4.78, 5) is 34.4. The molecule has 3 N–H and O–H groups in total. The molecule has 0 aliphatic heterocycles. The molecule has 0 aromatic carbocycles. The first-order chi connectivity index (χ1) is 10.7. The highest BCUT2D eigenvalue weighted by Crippen LogP contribution is 2.11. The summed E-state index contributed by atoms with van der Waals surface area (Å²) in [7, 11) is 0. The van der Waals surface area contributed by atoms with Gasteiger partial charge in [-0.15, -0.1) is 0 Å². The van der Waals surface area contributed by atoms with E-state index in [-0.39, 0.29) is 29.0 Å². The van der Waals surface area contributed by atoms with Gasteiger partial charge < -0.3 is 10.3 Å². The maximum absolute atomic E-state index is 12.2. The Kier molecular flexibility index (Phi) is 3.33. The summed E-state index contributed by atoms with van der Waals surface area (Å²) in [5.74, 6) is -0.288. The van der Waals surface area contributed by atoms with Gasteiger partial charge in [0.1, 0.15) is 16.9 Å². The molecule has 3 rings (SSSR count). The molecule has 3 aromatic heterocycles. The Bertz CT molecular complexity index is 951. The number of anilines is 1. The SMILES string of the molecule is N#CCc1cccc(NC(=O)c2[nH]nc3nc[nH]c(=O)c23)n1. The van der Waals surface area contributed by atoms with Gasteiger partial charge in [0.25, 0.3) is 11.5 Å². The van der Waals surface area contributed by atoms with E-state index >= 15 is 0 Å². The molecule has 9 heteroatoms. The Morgan fingerprint density at radius 2 is 2.27 bits per heavy atom. The van der Waals surface area contributed by atoms with Crippen LogP contribution in [0.4, 0.5) is 5.82 Å². The summed E-state index contributed by atoms with van der Waals surface area (Å²) in [5.41, 5.74) is 0.223. The van der Waals surface area contributed by atoms with Gasteiger partial charge in [-0.05, 0) is 12.1 Å². The zero-order valence-corrected chi connectivity index (χ0v) is 11.1. The number of aromatic amines is 2. The van der Waals surface area contributed by atoms with Crippen molar-refractivity contribution in [1.29, 1.82) is 5.26 Å². The number of amides is 1. The van der Waals surface area contributed by atoms with E-state index < -0.39 is 11.5 Å². The topological polar surface area (TPSA) is 140 Å². The van der Waals surface area contributed by atoms with Crippen molar-refractivity contribution in [2.75, 3.05) is 5.32 Å². The number of rotatable bonds is 3. The highest BCUT2D eigenvalue weighted by molar-refractivity contribution is 6.09. The van der Waals surface area contributed by atoms with Crippen molar-refractivity contribution in [3.05, 3.63) is 46.3 Å². The lowest BCUT2D eigenvalue weighted by Crippen LogP contribution is -2.17. The normalized spacial score (nSPS) is 10.3. The van der Waals surface area contributed by atoms with Crippen LogP contribution < -0.4 is 10.9 Å². The molecule has 108 valence electrons. The van der Waals surface area contributed by atoms with Gasteiger partial charge in [-0.25, -0.2) is 9.97 Å². The van der Waals surface area contributed by atoms with Gasteiger partial charge in [-0.3, -0.25) is 14.7 Å². The molecule has 0 saturated heterocycles. The van der Waals surface area contributed by atoms with Crippen molar-refractivity contribution in [2.45, 2.75) is 6.42 Å². The monoisotopic (exact) mass is 295 g/mol. The first-order valence-electron chi connectivity index (χ1n) is 6.25. The zero-order chi connectivity index (χ0) is 15.5. The molecule has 3 heterocycles. The summed E-state index contributed by atoms with van der Waals surface area (Å²) < 4.78 is 0. The lowest BCUT2D eigenvalue weighted by molar-refractivity contribution is 0.102. The Balaban J connectivity index is 1.93. The molecular weight excluding hydrogens is 286 g/mol.